The predicted molar refractivity (Wildman–Crippen MR) is 75.7 cm³/mol. The van der Waals surface area contributed by atoms with Crippen molar-refractivity contribution in [1.82, 2.24) is 0 Å². The molecular formula is C11H14ClNO4S2. The van der Waals surface area contributed by atoms with Crippen LogP contribution in [0.15, 0.2) is 21.9 Å². The molecule has 1 atom stereocenters. The van der Waals surface area contributed by atoms with Crippen molar-refractivity contribution < 1.29 is 18.3 Å². The van der Waals surface area contributed by atoms with Crippen molar-refractivity contribution in [2.45, 2.75) is 22.3 Å². The van der Waals surface area contributed by atoms with Crippen LogP contribution in [0.5, 0.6) is 0 Å². The molecule has 0 aliphatic carbocycles. The molecule has 3 N–H and O–H groups in total. The molecule has 0 radical (unpaired) electrons. The van der Waals surface area contributed by atoms with Crippen LogP contribution in [0.3, 0.4) is 0 Å². The molecule has 0 spiro atoms. The first-order valence-corrected chi connectivity index (χ1v) is 8.71. The Kier molecular flexibility index (Phi) is 5.26. The number of aliphatic carboxylic acids is 1. The molecule has 0 aromatic heterocycles. The molecule has 0 heterocycles. The number of hydrogen-bond donors (Lipinski definition) is 2. The normalized spacial score (nSPS) is 13.3. The molecule has 1 aromatic carbocycles. The Bertz CT molecular complexity index is 601. The second kappa shape index (κ2) is 6.13. The van der Waals surface area contributed by atoms with E-state index in [-0.39, 0.29) is 16.3 Å². The Morgan fingerprint density at radius 3 is 2.53 bits per heavy atom. The van der Waals surface area contributed by atoms with Gasteiger partial charge in [0.2, 0.25) is 0 Å². The summed E-state index contributed by atoms with van der Waals surface area (Å²) in [7, 11) is -3.44. The number of carbonyl (C=O) groups is 1. The molecule has 0 aliphatic heterocycles. The van der Waals surface area contributed by atoms with Crippen LogP contribution in [-0.4, -0.2) is 38.0 Å². The van der Waals surface area contributed by atoms with Crippen LogP contribution in [0.2, 0.25) is 5.02 Å². The van der Waals surface area contributed by atoms with Crippen LogP contribution >= 0.6 is 23.4 Å². The Morgan fingerprint density at radius 2 is 2.11 bits per heavy atom. The highest BCUT2D eigenvalue weighted by molar-refractivity contribution is 7.99. The van der Waals surface area contributed by atoms with Gasteiger partial charge >= 0.3 is 5.97 Å². The van der Waals surface area contributed by atoms with Gasteiger partial charge in [0.1, 0.15) is 6.04 Å². The minimum Gasteiger partial charge on any atom is -0.480 e. The number of nitrogens with two attached hydrogens (primary N) is 1. The summed E-state index contributed by atoms with van der Waals surface area (Å²) in [6.07, 6.45) is 2.82. The first-order valence-electron chi connectivity index (χ1n) is 5.21. The van der Waals surface area contributed by atoms with Gasteiger partial charge in [-0.25, -0.2) is 8.42 Å². The Labute approximate surface area is 121 Å². The second-order valence-corrected chi connectivity index (χ2v) is 7.24. The monoisotopic (exact) mass is 323 g/mol. The molecule has 0 aliphatic rings. The average Bonchev–Trinajstić information content (AvgIpc) is 2.26. The van der Waals surface area contributed by atoms with Gasteiger partial charge in [-0.3, -0.25) is 4.79 Å². The van der Waals surface area contributed by atoms with Crippen LogP contribution in [0, 0.1) is 0 Å². The molecular weight excluding hydrogens is 310 g/mol. The summed E-state index contributed by atoms with van der Waals surface area (Å²) >= 11 is 7.25. The van der Waals surface area contributed by atoms with E-state index in [2.05, 4.69) is 0 Å². The maximum atomic E-state index is 11.7. The van der Waals surface area contributed by atoms with E-state index in [4.69, 9.17) is 22.4 Å². The van der Waals surface area contributed by atoms with Crippen molar-refractivity contribution in [3.63, 3.8) is 0 Å². The molecule has 0 fully saturated rings. The average molecular weight is 324 g/mol. The number of sulfone groups is 1. The van der Waals surface area contributed by atoms with Crippen molar-refractivity contribution in [1.29, 1.82) is 0 Å². The summed E-state index contributed by atoms with van der Waals surface area (Å²) < 4.78 is 23.4. The first-order chi connectivity index (χ1) is 8.66. The SMILES string of the molecule is CSc1c(Cl)cc(CC(N)C(=O)O)cc1S(C)(=O)=O. The third-order valence-corrected chi connectivity index (χ3v) is 4.95. The molecule has 0 saturated carbocycles. The van der Waals surface area contributed by atoms with Crippen molar-refractivity contribution in [2.75, 3.05) is 12.5 Å². The maximum absolute atomic E-state index is 11.7. The minimum absolute atomic E-state index is 0.0201. The first kappa shape index (κ1) is 16.3. The topological polar surface area (TPSA) is 97.5 Å². The molecule has 1 aromatic rings. The molecule has 19 heavy (non-hydrogen) atoms. The van der Waals surface area contributed by atoms with Crippen molar-refractivity contribution in [3.05, 3.63) is 22.7 Å². The van der Waals surface area contributed by atoms with Crippen molar-refractivity contribution in [2.24, 2.45) is 5.73 Å². The number of hydrogen-bond acceptors (Lipinski definition) is 5. The largest absolute Gasteiger partial charge is 0.480 e. The van der Waals surface area contributed by atoms with Crippen LogP contribution in [-0.2, 0) is 21.1 Å². The van der Waals surface area contributed by atoms with Crippen LogP contribution in [0.25, 0.3) is 0 Å². The van der Waals surface area contributed by atoms with Gasteiger partial charge in [0, 0.05) is 11.2 Å². The number of thioether (sulfide) groups is 1. The Morgan fingerprint density at radius 1 is 1.53 bits per heavy atom. The van der Waals surface area contributed by atoms with E-state index in [1.807, 2.05) is 0 Å². The maximum Gasteiger partial charge on any atom is 0.320 e. The number of benzene rings is 1. The number of carboxylic acid groups (broad SMARTS) is 1. The summed E-state index contributed by atoms with van der Waals surface area (Å²) in [5.41, 5.74) is 5.92. The zero-order valence-corrected chi connectivity index (χ0v) is 12.8. The highest BCUT2D eigenvalue weighted by Gasteiger charge is 2.19. The minimum atomic E-state index is -3.44. The highest BCUT2D eigenvalue weighted by atomic mass is 35.5. The second-order valence-electron chi connectivity index (χ2n) is 4.03. The van der Waals surface area contributed by atoms with Gasteiger partial charge in [0.25, 0.3) is 0 Å². The molecule has 1 rings (SSSR count). The molecule has 0 bridgehead atoms. The van der Waals surface area contributed by atoms with Gasteiger partial charge in [-0.1, -0.05) is 11.6 Å². The van der Waals surface area contributed by atoms with Gasteiger partial charge in [-0.15, -0.1) is 11.8 Å². The standard InChI is InChI=1S/C11H14ClNO4S2/c1-18-10-7(12)3-6(4-8(13)11(14)15)5-9(10)19(2,16)17/h3,5,8H,4,13H2,1-2H3,(H,14,15). The van der Waals surface area contributed by atoms with E-state index < -0.39 is 21.8 Å². The quantitative estimate of drug-likeness (QED) is 0.795. The summed E-state index contributed by atoms with van der Waals surface area (Å²) in [6.45, 7) is 0. The molecule has 8 heteroatoms. The van der Waals surface area contributed by atoms with E-state index in [0.717, 1.165) is 6.26 Å². The van der Waals surface area contributed by atoms with Gasteiger partial charge in [0.05, 0.1) is 9.92 Å². The fraction of sp³-hybridized carbons (Fsp3) is 0.364. The van der Waals surface area contributed by atoms with Crippen molar-refractivity contribution in [3.8, 4) is 0 Å². The van der Waals surface area contributed by atoms with Gasteiger partial charge in [0.15, 0.2) is 9.84 Å². The molecule has 1 unspecified atom stereocenters. The van der Waals surface area contributed by atoms with Crippen LogP contribution in [0.1, 0.15) is 5.56 Å². The summed E-state index contributed by atoms with van der Waals surface area (Å²) in [5, 5.41) is 9.04. The van der Waals surface area contributed by atoms with Crippen molar-refractivity contribution >= 4 is 39.2 Å². The van der Waals surface area contributed by atoms with Gasteiger partial charge in [-0.05, 0) is 30.4 Å². The van der Waals surface area contributed by atoms with Crippen LogP contribution < -0.4 is 5.73 Å². The van der Waals surface area contributed by atoms with E-state index in [1.165, 1.54) is 17.8 Å². The third-order valence-electron chi connectivity index (χ3n) is 2.45. The number of carboxylic acids is 1. The lowest BCUT2D eigenvalue weighted by Gasteiger charge is -2.12. The lowest BCUT2D eigenvalue weighted by molar-refractivity contribution is -0.138. The van der Waals surface area contributed by atoms with E-state index in [0.29, 0.717) is 10.5 Å². The van der Waals surface area contributed by atoms with E-state index in [9.17, 15) is 13.2 Å². The fourth-order valence-corrected chi connectivity index (χ4v) is 4.11. The molecule has 106 valence electrons. The Hall–Kier alpha value is -0.760. The predicted octanol–water partition coefficient (Wildman–Crippen LogP) is 1.42. The molecule has 0 saturated heterocycles. The Balaban J connectivity index is 3.32. The zero-order chi connectivity index (χ0) is 14.8. The summed E-state index contributed by atoms with van der Waals surface area (Å²) in [4.78, 5) is 11.3. The highest BCUT2D eigenvalue weighted by Crippen LogP contribution is 2.33. The van der Waals surface area contributed by atoms with Gasteiger partial charge in [-0.2, -0.15) is 0 Å². The van der Waals surface area contributed by atoms with E-state index >= 15 is 0 Å². The molecule has 5 nitrogen and oxygen atoms in total. The summed E-state index contributed by atoms with van der Waals surface area (Å²) in [6, 6.07) is 1.88. The number of halogens is 1. The lowest BCUT2D eigenvalue weighted by Crippen LogP contribution is -2.32. The smallest absolute Gasteiger partial charge is 0.320 e. The molecule has 0 amide bonds. The third kappa shape index (κ3) is 4.10. The van der Waals surface area contributed by atoms with Gasteiger partial charge < -0.3 is 10.8 Å². The fourth-order valence-electron chi connectivity index (χ4n) is 1.55. The lowest BCUT2D eigenvalue weighted by atomic mass is 10.1. The zero-order valence-electron chi connectivity index (χ0n) is 10.4. The van der Waals surface area contributed by atoms with Crippen LogP contribution in [0.4, 0.5) is 0 Å². The summed E-state index contributed by atoms with van der Waals surface area (Å²) in [5.74, 6) is -1.15. The number of rotatable bonds is 5. The van der Waals surface area contributed by atoms with E-state index in [1.54, 1.807) is 12.3 Å².